The minimum Gasteiger partial charge on any atom is -0.375 e. The van der Waals surface area contributed by atoms with Crippen molar-refractivity contribution in [3.63, 3.8) is 0 Å². The lowest BCUT2D eigenvalue weighted by molar-refractivity contribution is -0.0817. The number of hydrogen-bond acceptors (Lipinski definition) is 3. The first-order valence-electron chi connectivity index (χ1n) is 8.20. The molecule has 2 heterocycles. The van der Waals surface area contributed by atoms with Gasteiger partial charge in [-0.05, 0) is 24.5 Å². The van der Waals surface area contributed by atoms with Gasteiger partial charge in [0.25, 0.3) is 0 Å². The molecule has 2 aliphatic rings. The van der Waals surface area contributed by atoms with Crippen molar-refractivity contribution in [3.05, 3.63) is 34.9 Å². The zero-order chi connectivity index (χ0) is 16.1. The average Bonchev–Trinajstić information content (AvgIpc) is 3.12. The Morgan fingerprint density at radius 1 is 1.29 bits per heavy atom. The number of rotatable bonds is 3. The second kappa shape index (κ2) is 9.79. The quantitative estimate of drug-likeness (QED) is 0.424. The number of morpholine rings is 1. The summed E-state index contributed by atoms with van der Waals surface area (Å²) in [6, 6.07) is 7.86. The SMILES string of the molecule is CN=C(NCc1ccccc1Cl)N1CCOC(C2CCCO2)C1.I. The molecule has 0 bridgehead atoms. The Labute approximate surface area is 165 Å². The van der Waals surface area contributed by atoms with E-state index in [9.17, 15) is 0 Å². The summed E-state index contributed by atoms with van der Waals surface area (Å²) in [7, 11) is 1.81. The summed E-state index contributed by atoms with van der Waals surface area (Å²) in [5.74, 6) is 0.885. The van der Waals surface area contributed by atoms with E-state index in [-0.39, 0.29) is 36.2 Å². The Kier molecular flexibility index (Phi) is 8.06. The molecular formula is C17H25ClIN3O2. The molecule has 0 aliphatic carbocycles. The van der Waals surface area contributed by atoms with Crippen LogP contribution < -0.4 is 5.32 Å². The Bertz CT molecular complexity index is 552. The Balaban J connectivity index is 0.00000208. The minimum absolute atomic E-state index is 0. The van der Waals surface area contributed by atoms with Gasteiger partial charge in [0.05, 0.1) is 12.7 Å². The lowest BCUT2D eigenvalue weighted by atomic mass is 10.1. The molecule has 1 aromatic carbocycles. The fraction of sp³-hybridized carbons (Fsp3) is 0.588. The smallest absolute Gasteiger partial charge is 0.194 e. The van der Waals surface area contributed by atoms with E-state index in [0.717, 1.165) is 49.1 Å². The maximum absolute atomic E-state index is 6.22. The van der Waals surface area contributed by atoms with Crippen LogP contribution in [-0.2, 0) is 16.0 Å². The van der Waals surface area contributed by atoms with Crippen LogP contribution in [0.3, 0.4) is 0 Å². The first kappa shape index (κ1) is 19.8. The third kappa shape index (κ3) is 4.97. The van der Waals surface area contributed by atoms with Crippen LogP contribution in [0.2, 0.25) is 5.02 Å². The van der Waals surface area contributed by atoms with Crippen molar-refractivity contribution in [1.29, 1.82) is 0 Å². The summed E-state index contributed by atoms with van der Waals surface area (Å²) in [5.41, 5.74) is 1.07. The van der Waals surface area contributed by atoms with Gasteiger partial charge in [-0.25, -0.2) is 0 Å². The van der Waals surface area contributed by atoms with Crippen molar-refractivity contribution >= 4 is 41.5 Å². The van der Waals surface area contributed by atoms with Crippen molar-refractivity contribution in [1.82, 2.24) is 10.2 Å². The summed E-state index contributed by atoms with van der Waals surface area (Å²) < 4.78 is 11.7. The highest BCUT2D eigenvalue weighted by molar-refractivity contribution is 14.0. The Morgan fingerprint density at radius 3 is 2.79 bits per heavy atom. The highest BCUT2D eigenvalue weighted by Crippen LogP contribution is 2.21. The first-order valence-corrected chi connectivity index (χ1v) is 8.58. The predicted molar refractivity (Wildman–Crippen MR) is 107 cm³/mol. The third-order valence-corrected chi connectivity index (χ3v) is 4.75. The van der Waals surface area contributed by atoms with Crippen molar-refractivity contribution < 1.29 is 9.47 Å². The standard InChI is InChI=1S/C17H24ClN3O2.HI/c1-19-17(20-11-13-5-2-3-6-14(13)18)21-8-10-23-16(12-21)15-7-4-9-22-15;/h2-3,5-6,15-16H,4,7-12H2,1H3,(H,19,20);1H. The van der Waals surface area contributed by atoms with Crippen molar-refractivity contribution in [3.8, 4) is 0 Å². The van der Waals surface area contributed by atoms with Gasteiger partial charge in [0.1, 0.15) is 6.10 Å². The highest BCUT2D eigenvalue weighted by atomic mass is 127. The van der Waals surface area contributed by atoms with Gasteiger partial charge in [-0.3, -0.25) is 4.99 Å². The molecule has 0 saturated carbocycles. The molecule has 0 amide bonds. The fourth-order valence-electron chi connectivity index (χ4n) is 3.14. The number of halogens is 2. The molecule has 1 aromatic rings. The zero-order valence-electron chi connectivity index (χ0n) is 13.9. The molecule has 0 aromatic heterocycles. The van der Waals surface area contributed by atoms with Crippen LogP contribution in [0.15, 0.2) is 29.3 Å². The molecule has 134 valence electrons. The molecule has 2 unspecified atom stereocenters. The second-order valence-electron chi connectivity index (χ2n) is 5.90. The third-order valence-electron chi connectivity index (χ3n) is 4.38. The van der Waals surface area contributed by atoms with Crippen LogP contribution in [0.1, 0.15) is 18.4 Å². The normalized spacial score (nSPS) is 24.6. The van der Waals surface area contributed by atoms with E-state index in [1.807, 2.05) is 31.3 Å². The van der Waals surface area contributed by atoms with Gasteiger partial charge in [0.2, 0.25) is 0 Å². The van der Waals surface area contributed by atoms with E-state index >= 15 is 0 Å². The molecule has 2 atom stereocenters. The largest absolute Gasteiger partial charge is 0.375 e. The highest BCUT2D eigenvalue weighted by Gasteiger charge is 2.32. The molecule has 7 heteroatoms. The minimum atomic E-state index is 0. The predicted octanol–water partition coefficient (Wildman–Crippen LogP) is 2.91. The summed E-state index contributed by atoms with van der Waals surface area (Å²) in [6.07, 6.45) is 2.57. The molecule has 5 nitrogen and oxygen atoms in total. The van der Waals surface area contributed by atoms with Gasteiger partial charge in [0.15, 0.2) is 5.96 Å². The van der Waals surface area contributed by atoms with E-state index in [2.05, 4.69) is 15.2 Å². The Hall–Kier alpha value is -0.570. The molecule has 0 radical (unpaired) electrons. The number of nitrogens with one attached hydrogen (secondary N) is 1. The maximum atomic E-state index is 6.22. The monoisotopic (exact) mass is 465 g/mol. The van der Waals surface area contributed by atoms with E-state index < -0.39 is 0 Å². The van der Waals surface area contributed by atoms with E-state index in [1.165, 1.54) is 0 Å². The number of ether oxygens (including phenoxy) is 2. The fourth-order valence-corrected chi connectivity index (χ4v) is 3.34. The number of benzene rings is 1. The summed E-state index contributed by atoms with van der Waals surface area (Å²) in [6.45, 7) is 3.87. The number of guanidine groups is 1. The van der Waals surface area contributed by atoms with E-state index in [4.69, 9.17) is 21.1 Å². The number of nitrogens with zero attached hydrogens (tertiary/aromatic N) is 2. The lowest BCUT2D eigenvalue weighted by Gasteiger charge is -2.37. The van der Waals surface area contributed by atoms with Crippen LogP contribution >= 0.6 is 35.6 Å². The topological polar surface area (TPSA) is 46.1 Å². The molecule has 2 fully saturated rings. The molecule has 0 spiro atoms. The zero-order valence-corrected chi connectivity index (χ0v) is 17.0. The van der Waals surface area contributed by atoms with E-state index in [0.29, 0.717) is 13.2 Å². The van der Waals surface area contributed by atoms with Gasteiger partial charge in [-0.15, -0.1) is 24.0 Å². The number of hydrogen-bond donors (Lipinski definition) is 1. The summed E-state index contributed by atoms with van der Waals surface area (Å²) in [4.78, 5) is 6.65. The van der Waals surface area contributed by atoms with Gasteiger partial charge >= 0.3 is 0 Å². The van der Waals surface area contributed by atoms with Crippen molar-refractivity contribution in [2.24, 2.45) is 4.99 Å². The average molecular weight is 466 g/mol. The van der Waals surface area contributed by atoms with Crippen LogP contribution in [0.25, 0.3) is 0 Å². The van der Waals surface area contributed by atoms with Gasteiger partial charge in [0, 0.05) is 38.3 Å². The van der Waals surface area contributed by atoms with Crippen LogP contribution in [0.5, 0.6) is 0 Å². The van der Waals surface area contributed by atoms with E-state index in [1.54, 1.807) is 0 Å². The van der Waals surface area contributed by atoms with Crippen molar-refractivity contribution in [2.45, 2.75) is 31.6 Å². The summed E-state index contributed by atoms with van der Waals surface area (Å²) >= 11 is 6.22. The van der Waals surface area contributed by atoms with Crippen LogP contribution in [0.4, 0.5) is 0 Å². The molecular weight excluding hydrogens is 441 g/mol. The van der Waals surface area contributed by atoms with Crippen LogP contribution in [-0.4, -0.2) is 56.4 Å². The summed E-state index contributed by atoms with van der Waals surface area (Å²) in [5, 5.41) is 4.18. The van der Waals surface area contributed by atoms with Gasteiger partial charge < -0.3 is 19.7 Å². The van der Waals surface area contributed by atoms with Gasteiger partial charge in [-0.1, -0.05) is 29.8 Å². The molecule has 2 saturated heterocycles. The first-order chi connectivity index (χ1) is 11.3. The number of aliphatic imine (C=N–C) groups is 1. The second-order valence-corrected chi connectivity index (χ2v) is 6.31. The van der Waals surface area contributed by atoms with Gasteiger partial charge in [-0.2, -0.15) is 0 Å². The molecule has 2 aliphatic heterocycles. The maximum Gasteiger partial charge on any atom is 0.194 e. The Morgan fingerprint density at radius 2 is 2.08 bits per heavy atom. The lowest BCUT2D eigenvalue weighted by Crippen LogP contribution is -2.53. The molecule has 3 rings (SSSR count). The molecule has 24 heavy (non-hydrogen) atoms. The van der Waals surface area contributed by atoms with Crippen LogP contribution in [0, 0.1) is 0 Å². The van der Waals surface area contributed by atoms with Crippen molar-refractivity contribution in [2.75, 3.05) is 33.4 Å². The molecule has 1 N–H and O–H groups in total.